The van der Waals surface area contributed by atoms with Gasteiger partial charge in [-0.25, -0.2) is 4.79 Å². The summed E-state index contributed by atoms with van der Waals surface area (Å²) < 4.78 is 15.7. The predicted octanol–water partition coefficient (Wildman–Crippen LogP) is 2.04. The number of ether oxygens (including phenoxy) is 1. The van der Waals surface area contributed by atoms with E-state index in [1.165, 1.54) is 6.26 Å². The van der Waals surface area contributed by atoms with E-state index in [9.17, 15) is 14.7 Å². The summed E-state index contributed by atoms with van der Waals surface area (Å²) in [5.74, 6) is -0.475. The minimum absolute atomic E-state index is 0.0314. The van der Waals surface area contributed by atoms with Crippen molar-refractivity contribution < 1.29 is 28.4 Å². The van der Waals surface area contributed by atoms with Gasteiger partial charge in [-0.2, -0.15) is 4.98 Å². The number of nitrogens with zero attached hydrogens (tertiary/aromatic N) is 2. The van der Waals surface area contributed by atoms with E-state index in [0.717, 1.165) is 0 Å². The first kappa shape index (κ1) is 19.6. The fraction of sp³-hybridized carbons (Fsp3) is 0.529. The monoisotopic (exact) mass is 365 g/mol. The van der Waals surface area contributed by atoms with Crippen molar-refractivity contribution in [3.05, 3.63) is 24.3 Å². The molecule has 2 rings (SSSR count). The first-order valence-electron chi connectivity index (χ1n) is 8.27. The molecule has 0 aliphatic carbocycles. The van der Waals surface area contributed by atoms with Gasteiger partial charge in [0, 0.05) is 25.9 Å². The lowest BCUT2D eigenvalue weighted by atomic mass is 10.1. The second-order valence-corrected chi connectivity index (χ2v) is 6.70. The van der Waals surface area contributed by atoms with Crippen LogP contribution in [0.2, 0.25) is 0 Å². The Morgan fingerprint density at radius 1 is 1.38 bits per heavy atom. The number of hydrogen-bond donors (Lipinski definition) is 2. The Hall–Kier alpha value is -2.68. The average Bonchev–Trinajstić information content (AvgIpc) is 3.21. The Morgan fingerprint density at radius 2 is 2.15 bits per heavy atom. The summed E-state index contributed by atoms with van der Waals surface area (Å²) in [6, 6.07) is 2.39. The number of hydrogen-bond acceptors (Lipinski definition) is 7. The standard InChI is InChI=1S/C17H23N3O6/c1-17(2,3)25-10-8-11(16(22)23)18-13(21)6-7-14-19-15(20-26-14)12-5-4-9-24-12/h4-5,9,11H,6-8,10H2,1-3H3,(H,18,21)(H,22,23). The first-order valence-corrected chi connectivity index (χ1v) is 8.27. The summed E-state index contributed by atoms with van der Waals surface area (Å²) in [5.41, 5.74) is -0.364. The molecule has 0 aliphatic heterocycles. The molecule has 0 radical (unpaired) electrons. The van der Waals surface area contributed by atoms with Crippen LogP contribution in [0.25, 0.3) is 11.6 Å². The molecule has 0 aromatic carbocycles. The van der Waals surface area contributed by atoms with Gasteiger partial charge in [-0.3, -0.25) is 4.79 Å². The molecule has 0 bridgehead atoms. The number of aliphatic carboxylic acids is 1. The maximum absolute atomic E-state index is 12.0. The summed E-state index contributed by atoms with van der Waals surface area (Å²) >= 11 is 0. The third-order valence-electron chi connectivity index (χ3n) is 3.35. The molecule has 0 aliphatic rings. The molecule has 2 aromatic heterocycles. The maximum atomic E-state index is 12.0. The van der Waals surface area contributed by atoms with Gasteiger partial charge in [0.2, 0.25) is 17.6 Å². The Labute approximate surface area is 150 Å². The van der Waals surface area contributed by atoms with E-state index in [0.29, 0.717) is 11.6 Å². The van der Waals surface area contributed by atoms with E-state index in [1.807, 2.05) is 20.8 Å². The number of rotatable bonds is 9. The normalized spacial score (nSPS) is 12.7. The first-order chi connectivity index (χ1) is 12.2. The van der Waals surface area contributed by atoms with Gasteiger partial charge < -0.3 is 24.1 Å². The highest BCUT2D eigenvalue weighted by atomic mass is 16.5. The van der Waals surface area contributed by atoms with Gasteiger partial charge in [-0.1, -0.05) is 5.16 Å². The third kappa shape index (κ3) is 6.32. The van der Waals surface area contributed by atoms with Crippen LogP contribution >= 0.6 is 0 Å². The average molecular weight is 365 g/mol. The van der Waals surface area contributed by atoms with Crippen LogP contribution in [-0.4, -0.2) is 45.4 Å². The maximum Gasteiger partial charge on any atom is 0.326 e. The molecule has 142 valence electrons. The Balaban J connectivity index is 1.80. The fourth-order valence-corrected chi connectivity index (χ4v) is 2.09. The summed E-state index contributed by atoms with van der Waals surface area (Å²) in [6.07, 6.45) is 1.91. The summed E-state index contributed by atoms with van der Waals surface area (Å²) in [7, 11) is 0. The van der Waals surface area contributed by atoms with Crippen LogP contribution in [0, 0.1) is 0 Å². The van der Waals surface area contributed by atoms with E-state index in [1.54, 1.807) is 12.1 Å². The van der Waals surface area contributed by atoms with Crippen LogP contribution in [0.5, 0.6) is 0 Å². The van der Waals surface area contributed by atoms with Crippen molar-refractivity contribution >= 4 is 11.9 Å². The van der Waals surface area contributed by atoms with E-state index in [-0.39, 0.29) is 37.4 Å². The molecule has 2 heterocycles. The zero-order valence-corrected chi connectivity index (χ0v) is 15.0. The molecule has 2 aromatic rings. The van der Waals surface area contributed by atoms with Gasteiger partial charge in [-0.15, -0.1) is 0 Å². The highest BCUT2D eigenvalue weighted by molar-refractivity contribution is 5.83. The number of carboxylic acid groups (broad SMARTS) is 1. The molecule has 1 unspecified atom stereocenters. The fourth-order valence-electron chi connectivity index (χ4n) is 2.09. The molecule has 2 N–H and O–H groups in total. The lowest BCUT2D eigenvalue weighted by molar-refractivity contribution is -0.142. The van der Waals surface area contributed by atoms with Crippen molar-refractivity contribution in [2.45, 2.75) is 51.7 Å². The van der Waals surface area contributed by atoms with Crippen molar-refractivity contribution in [1.29, 1.82) is 0 Å². The third-order valence-corrected chi connectivity index (χ3v) is 3.35. The lowest BCUT2D eigenvalue weighted by Crippen LogP contribution is -2.42. The molecule has 9 nitrogen and oxygen atoms in total. The second-order valence-electron chi connectivity index (χ2n) is 6.70. The molecular weight excluding hydrogens is 342 g/mol. The van der Waals surface area contributed by atoms with Crippen molar-refractivity contribution in [3.63, 3.8) is 0 Å². The van der Waals surface area contributed by atoms with Gasteiger partial charge >= 0.3 is 5.97 Å². The second kappa shape index (κ2) is 8.61. The summed E-state index contributed by atoms with van der Waals surface area (Å²) in [6.45, 7) is 5.87. The molecule has 0 fully saturated rings. The quantitative estimate of drug-likeness (QED) is 0.691. The molecule has 1 amide bonds. The highest BCUT2D eigenvalue weighted by Gasteiger charge is 2.21. The Kier molecular flexibility index (Phi) is 6.51. The topological polar surface area (TPSA) is 128 Å². The molecule has 0 saturated carbocycles. The molecule has 0 spiro atoms. The van der Waals surface area contributed by atoms with E-state index in [2.05, 4.69) is 15.5 Å². The van der Waals surface area contributed by atoms with Crippen LogP contribution in [-0.2, 0) is 20.7 Å². The number of carboxylic acids is 1. The van der Waals surface area contributed by atoms with Crippen LogP contribution < -0.4 is 5.32 Å². The Morgan fingerprint density at radius 3 is 2.77 bits per heavy atom. The van der Waals surface area contributed by atoms with Gasteiger partial charge in [0.1, 0.15) is 6.04 Å². The molecule has 1 atom stereocenters. The predicted molar refractivity (Wildman–Crippen MR) is 90.2 cm³/mol. The zero-order chi connectivity index (χ0) is 19.2. The van der Waals surface area contributed by atoms with Crippen molar-refractivity contribution in [1.82, 2.24) is 15.5 Å². The van der Waals surface area contributed by atoms with Crippen LogP contribution in [0.1, 0.15) is 39.5 Å². The number of carbonyl (C=O) groups is 2. The molecule has 26 heavy (non-hydrogen) atoms. The van der Waals surface area contributed by atoms with E-state index >= 15 is 0 Å². The highest BCUT2D eigenvalue weighted by Crippen LogP contribution is 2.16. The van der Waals surface area contributed by atoms with Gasteiger partial charge in [0.25, 0.3) is 0 Å². The number of aromatic nitrogens is 2. The number of carbonyl (C=O) groups excluding carboxylic acids is 1. The van der Waals surface area contributed by atoms with Crippen molar-refractivity contribution in [2.75, 3.05) is 6.61 Å². The van der Waals surface area contributed by atoms with Crippen molar-refractivity contribution in [2.24, 2.45) is 0 Å². The van der Waals surface area contributed by atoms with Crippen LogP contribution in [0.3, 0.4) is 0 Å². The summed E-state index contributed by atoms with van der Waals surface area (Å²) in [5, 5.41) is 15.5. The smallest absolute Gasteiger partial charge is 0.326 e. The SMILES string of the molecule is CC(C)(C)OCCC(NC(=O)CCc1nc(-c2ccco2)no1)C(=O)O. The molecule has 9 heteroatoms. The van der Waals surface area contributed by atoms with Crippen LogP contribution in [0.4, 0.5) is 0 Å². The zero-order valence-electron chi connectivity index (χ0n) is 15.0. The number of nitrogens with one attached hydrogen (secondary N) is 1. The van der Waals surface area contributed by atoms with Gasteiger partial charge in [0.15, 0.2) is 5.76 Å². The summed E-state index contributed by atoms with van der Waals surface area (Å²) in [4.78, 5) is 27.4. The van der Waals surface area contributed by atoms with E-state index < -0.39 is 17.9 Å². The Bertz CT molecular complexity index is 717. The van der Waals surface area contributed by atoms with Gasteiger partial charge in [-0.05, 0) is 32.9 Å². The molecule has 0 saturated heterocycles. The van der Waals surface area contributed by atoms with Crippen molar-refractivity contribution in [3.8, 4) is 11.6 Å². The minimum atomic E-state index is -1.10. The number of aryl methyl sites for hydroxylation is 1. The minimum Gasteiger partial charge on any atom is -0.480 e. The van der Waals surface area contributed by atoms with E-state index in [4.69, 9.17) is 13.7 Å². The number of furan rings is 1. The molecular formula is C17H23N3O6. The lowest BCUT2D eigenvalue weighted by Gasteiger charge is -2.21. The van der Waals surface area contributed by atoms with Gasteiger partial charge in [0.05, 0.1) is 11.9 Å². The largest absolute Gasteiger partial charge is 0.480 e. The number of amides is 1. The van der Waals surface area contributed by atoms with Crippen LogP contribution in [0.15, 0.2) is 27.3 Å².